The third kappa shape index (κ3) is 1.71. The van der Waals surface area contributed by atoms with E-state index in [0.717, 1.165) is 0 Å². The topological polar surface area (TPSA) is 0 Å². The maximum Gasteiger partial charge on any atom is 1.00 e. The van der Waals surface area contributed by atoms with E-state index in [9.17, 15) is 0 Å². The van der Waals surface area contributed by atoms with Crippen LogP contribution in [0, 0.1) is 12.8 Å². The van der Waals surface area contributed by atoms with Gasteiger partial charge in [0.15, 0.2) is 0 Å². The van der Waals surface area contributed by atoms with Crippen molar-refractivity contribution in [3.05, 3.63) is 47.5 Å². The van der Waals surface area contributed by atoms with Crippen molar-refractivity contribution in [1.82, 2.24) is 0 Å². The van der Waals surface area contributed by atoms with Crippen LogP contribution in [0.2, 0.25) is 0 Å². The Morgan fingerprint density at radius 3 is 2.45 bits per heavy atom. The summed E-state index contributed by atoms with van der Waals surface area (Å²) in [5, 5.41) is 2.62. The fourth-order valence-electron chi connectivity index (χ4n) is 1.13. The fourth-order valence-corrected chi connectivity index (χ4v) is 1.13. The van der Waals surface area contributed by atoms with E-state index in [-0.39, 0.29) is 18.9 Å². The first-order valence-corrected chi connectivity index (χ1v) is 3.40. The van der Waals surface area contributed by atoms with E-state index >= 15 is 0 Å². The quantitative estimate of drug-likeness (QED) is 0.276. The summed E-state index contributed by atoms with van der Waals surface area (Å²) < 4.78 is 0. The zero-order valence-corrected chi connectivity index (χ0v) is 6.62. The molecule has 0 saturated carbocycles. The second-order valence-corrected chi connectivity index (χ2v) is 2.35. The third-order valence-electron chi connectivity index (χ3n) is 1.66. The molecule has 0 bridgehead atoms. The SMILES string of the molecule is [CH]1C=c2ccccc2=C[CH-]1.[Li+]. The maximum absolute atomic E-state index is 2.12. The Morgan fingerprint density at radius 1 is 1.00 bits per heavy atom. The van der Waals surface area contributed by atoms with Gasteiger partial charge in [-0.15, -0.1) is 17.4 Å². The molecule has 0 nitrogen and oxygen atoms in total. The van der Waals surface area contributed by atoms with E-state index < -0.39 is 0 Å². The van der Waals surface area contributed by atoms with Crippen molar-refractivity contribution in [3.63, 3.8) is 0 Å². The maximum atomic E-state index is 2.12. The summed E-state index contributed by atoms with van der Waals surface area (Å²) in [5.74, 6) is 0. The Kier molecular flexibility index (Phi) is 2.88. The summed E-state index contributed by atoms with van der Waals surface area (Å²) in [6.07, 6.45) is 8.36. The summed E-state index contributed by atoms with van der Waals surface area (Å²) in [6, 6.07) is 8.36. The first-order valence-electron chi connectivity index (χ1n) is 3.40. The van der Waals surface area contributed by atoms with Crippen LogP contribution in [0.5, 0.6) is 0 Å². The van der Waals surface area contributed by atoms with Crippen LogP contribution in [0.3, 0.4) is 0 Å². The first kappa shape index (κ1) is 8.52. The van der Waals surface area contributed by atoms with Crippen molar-refractivity contribution in [1.29, 1.82) is 0 Å². The molecule has 1 radical (unpaired) electrons. The molecular weight excluding hydrogens is 127 g/mol. The molecule has 0 amide bonds. The van der Waals surface area contributed by atoms with Gasteiger partial charge in [0.25, 0.3) is 0 Å². The van der Waals surface area contributed by atoms with E-state index in [1.54, 1.807) is 0 Å². The van der Waals surface area contributed by atoms with Crippen LogP contribution < -0.4 is 29.3 Å². The third-order valence-corrected chi connectivity index (χ3v) is 1.66. The molecule has 0 atom stereocenters. The number of fused-ring (bicyclic) bond motifs is 1. The van der Waals surface area contributed by atoms with Crippen molar-refractivity contribution < 1.29 is 18.9 Å². The summed E-state index contributed by atoms with van der Waals surface area (Å²) in [4.78, 5) is 0. The average Bonchev–Trinajstić information content (AvgIpc) is 2.05. The zero-order valence-electron chi connectivity index (χ0n) is 6.62. The molecule has 0 fully saturated rings. The van der Waals surface area contributed by atoms with Gasteiger partial charge in [0.1, 0.15) is 0 Å². The number of benzene rings is 1. The molecule has 0 spiro atoms. The Morgan fingerprint density at radius 2 is 1.73 bits per heavy atom. The zero-order chi connectivity index (χ0) is 6.81. The van der Waals surface area contributed by atoms with Gasteiger partial charge < -0.3 is 0 Å². The van der Waals surface area contributed by atoms with Gasteiger partial charge in [-0.2, -0.15) is 5.22 Å². The molecule has 1 aromatic carbocycles. The predicted molar refractivity (Wildman–Crippen MR) is 43.2 cm³/mol. The average molecular weight is 135 g/mol. The Balaban J connectivity index is 0.000000605. The van der Waals surface area contributed by atoms with Crippen molar-refractivity contribution in [2.75, 3.05) is 0 Å². The molecule has 11 heavy (non-hydrogen) atoms. The molecule has 1 aliphatic rings. The monoisotopic (exact) mass is 135 g/mol. The van der Waals surface area contributed by atoms with Gasteiger partial charge in [-0.3, -0.25) is 0 Å². The summed E-state index contributed by atoms with van der Waals surface area (Å²) in [5.41, 5.74) is 0. The van der Waals surface area contributed by atoms with E-state index in [4.69, 9.17) is 0 Å². The number of hydrogen-bond acceptors (Lipinski definition) is 0. The summed E-state index contributed by atoms with van der Waals surface area (Å²) >= 11 is 0. The molecule has 2 rings (SSSR count). The van der Waals surface area contributed by atoms with Crippen molar-refractivity contribution in [2.24, 2.45) is 0 Å². The summed E-state index contributed by atoms with van der Waals surface area (Å²) in [6.45, 7) is 0. The first-order chi connectivity index (χ1) is 4.97. The Hall–Kier alpha value is -0.573. The van der Waals surface area contributed by atoms with Crippen molar-refractivity contribution >= 4 is 12.2 Å². The smallest absolute Gasteiger partial charge is 0.224 e. The fraction of sp³-hybridized carbons (Fsp3) is 0. The van der Waals surface area contributed by atoms with Crippen LogP contribution >= 0.6 is 0 Å². The molecular formula is C10H8Li. The second-order valence-electron chi connectivity index (χ2n) is 2.35. The van der Waals surface area contributed by atoms with Gasteiger partial charge in [0, 0.05) is 0 Å². The number of hydrogen-bond donors (Lipinski definition) is 0. The number of rotatable bonds is 0. The summed E-state index contributed by atoms with van der Waals surface area (Å²) in [7, 11) is 0. The Bertz CT molecular complexity index is 303. The van der Waals surface area contributed by atoms with Gasteiger partial charge in [0.05, 0.1) is 0 Å². The molecule has 49 valence electrons. The van der Waals surface area contributed by atoms with Gasteiger partial charge in [-0.25, -0.2) is 12.5 Å². The minimum atomic E-state index is 0. The molecule has 0 saturated heterocycles. The molecule has 1 aliphatic carbocycles. The largest absolute Gasteiger partial charge is 1.00 e. The molecule has 0 N–H and O–H groups in total. The van der Waals surface area contributed by atoms with Crippen LogP contribution in [0.25, 0.3) is 12.2 Å². The van der Waals surface area contributed by atoms with Crippen molar-refractivity contribution in [3.8, 4) is 0 Å². The van der Waals surface area contributed by atoms with Gasteiger partial charge in [-0.05, 0) is 0 Å². The molecule has 0 unspecified atom stereocenters. The molecule has 0 aliphatic heterocycles. The standard InChI is InChI=1S/C10H8.Li/c1-2-6-10-8-4-3-7-9(10)5-1;/h1-8H;/q-1;+1. The molecule has 0 heterocycles. The second kappa shape index (κ2) is 3.71. The predicted octanol–water partition coefficient (Wildman–Crippen LogP) is -2.33. The van der Waals surface area contributed by atoms with Gasteiger partial charge in [-0.1, -0.05) is 24.6 Å². The van der Waals surface area contributed by atoms with Crippen LogP contribution in [0.1, 0.15) is 0 Å². The molecule has 1 aromatic rings. The minimum absolute atomic E-state index is 0. The van der Waals surface area contributed by atoms with Gasteiger partial charge >= 0.3 is 18.9 Å². The van der Waals surface area contributed by atoms with Crippen LogP contribution in [-0.2, 0) is 0 Å². The van der Waals surface area contributed by atoms with Crippen LogP contribution in [-0.4, -0.2) is 0 Å². The molecule has 0 aromatic heterocycles. The Labute approximate surface area is 78.8 Å². The van der Waals surface area contributed by atoms with E-state index in [1.807, 2.05) is 0 Å². The normalized spacial score (nSPS) is 12.7. The van der Waals surface area contributed by atoms with Gasteiger partial charge in [0.2, 0.25) is 0 Å². The van der Waals surface area contributed by atoms with E-state index in [1.165, 1.54) is 10.4 Å². The molecule has 1 heteroatoms. The van der Waals surface area contributed by atoms with Crippen LogP contribution in [0.4, 0.5) is 0 Å². The van der Waals surface area contributed by atoms with Crippen LogP contribution in [0.15, 0.2) is 24.3 Å². The van der Waals surface area contributed by atoms with E-state index in [2.05, 4.69) is 49.3 Å². The van der Waals surface area contributed by atoms with Crippen molar-refractivity contribution in [2.45, 2.75) is 0 Å². The van der Waals surface area contributed by atoms with E-state index in [0.29, 0.717) is 0 Å². The minimum Gasteiger partial charge on any atom is -0.224 e.